The molecule has 15 heteroatoms. The first-order chi connectivity index (χ1) is 18.3. The van der Waals surface area contributed by atoms with Gasteiger partial charge < -0.3 is 19.5 Å². The molecule has 39 heavy (non-hydrogen) atoms. The summed E-state index contributed by atoms with van der Waals surface area (Å²) in [6.07, 6.45) is -5.08. The predicted molar refractivity (Wildman–Crippen MR) is 132 cm³/mol. The number of alkyl halides is 3. The Bertz CT molecular complexity index is 1420. The topological polar surface area (TPSA) is 153 Å². The van der Waals surface area contributed by atoms with Gasteiger partial charge in [0.25, 0.3) is 16.2 Å². The number of aliphatic carboxylic acids is 2. The summed E-state index contributed by atoms with van der Waals surface area (Å²) in [7, 11) is -4.00. The molecule has 2 aliphatic rings. The third-order valence-electron chi connectivity index (χ3n) is 6.78. The molecule has 2 aromatic carbocycles. The fourth-order valence-electron chi connectivity index (χ4n) is 4.69. The Balaban J connectivity index is 0.000000448. The van der Waals surface area contributed by atoms with Crippen LogP contribution in [0.1, 0.15) is 18.4 Å². The van der Waals surface area contributed by atoms with Gasteiger partial charge in [0.05, 0.1) is 0 Å². The molecule has 1 saturated carbocycles. The number of nitrogens with zero attached hydrogens (tertiary/aromatic N) is 3. The van der Waals surface area contributed by atoms with Crippen LogP contribution in [0.5, 0.6) is 0 Å². The van der Waals surface area contributed by atoms with Gasteiger partial charge in [-0.05, 0) is 23.6 Å². The molecule has 1 saturated heterocycles. The molecule has 0 radical (unpaired) electrons. The second-order valence-corrected chi connectivity index (χ2v) is 10.8. The summed E-state index contributed by atoms with van der Waals surface area (Å²) >= 11 is 0. The molecule has 1 unspecified atom stereocenters. The molecule has 0 spiro atoms. The van der Waals surface area contributed by atoms with Crippen molar-refractivity contribution in [3.63, 3.8) is 0 Å². The SMILES string of the molecule is CC1[C@H](c2ccccc2)[C@]1(NS(=O)(=O)N1CCN(c2nc3ccccc3o2)CC1)C(=O)O.O=C(O)C(F)(F)F. The summed E-state index contributed by atoms with van der Waals surface area (Å²) in [5.41, 5.74) is 0.693. The minimum atomic E-state index is -5.08. The molecule has 5 rings (SSSR count). The van der Waals surface area contributed by atoms with Gasteiger partial charge in [-0.15, -0.1) is 0 Å². The number of hydrogen-bond acceptors (Lipinski definition) is 7. The zero-order chi connectivity index (χ0) is 28.6. The third-order valence-corrected chi connectivity index (χ3v) is 8.42. The van der Waals surface area contributed by atoms with Crippen molar-refractivity contribution in [1.82, 2.24) is 14.0 Å². The zero-order valence-corrected chi connectivity index (χ0v) is 21.3. The predicted octanol–water partition coefficient (Wildman–Crippen LogP) is 2.67. The number of benzene rings is 2. The van der Waals surface area contributed by atoms with E-state index in [0.29, 0.717) is 24.7 Å². The third kappa shape index (κ3) is 5.69. The summed E-state index contributed by atoms with van der Waals surface area (Å²) in [6.45, 7) is 2.96. The number of nitrogens with one attached hydrogen (secondary N) is 1. The van der Waals surface area contributed by atoms with Crippen LogP contribution in [0.25, 0.3) is 11.1 Å². The van der Waals surface area contributed by atoms with E-state index in [4.69, 9.17) is 14.3 Å². The van der Waals surface area contributed by atoms with E-state index in [1.54, 1.807) is 6.92 Å². The van der Waals surface area contributed by atoms with E-state index in [9.17, 15) is 31.5 Å². The Morgan fingerprint density at radius 2 is 1.59 bits per heavy atom. The van der Waals surface area contributed by atoms with Crippen LogP contribution in [0.3, 0.4) is 0 Å². The van der Waals surface area contributed by atoms with Gasteiger partial charge in [0.2, 0.25) is 0 Å². The fourth-order valence-corrected chi connectivity index (χ4v) is 6.29. The largest absolute Gasteiger partial charge is 0.490 e. The van der Waals surface area contributed by atoms with Gasteiger partial charge in [-0.3, -0.25) is 4.79 Å². The lowest BCUT2D eigenvalue weighted by Gasteiger charge is -2.33. The number of fused-ring (bicyclic) bond motifs is 1. The molecular weight excluding hydrogens is 545 g/mol. The molecule has 0 amide bonds. The van der Waals surface area contributed by atoms with E-state index >= 15 is 0 Å². The maximum absolute atomic E-state index is 13.1. The number of oxazole rings is 1. The van der Waals surface area contributed by atoms with Crippen LogP contribution in [0.4, 0.5) is 19.2 Å². The summed E-state index contributed by atoms with van der Waals surface area (Å²) in [4.78, 5) is 27.4. The Morgan fingerprint density at radius 1 is 1.03 bits per heavy atom. The first kappa shape index (κ1) is 28.3. The second-order valence-electron chi connectivity index (χ2n) is 9.11. The van der Waals surface area contributed by atoms with Gasteiger partial charge in [-0.1, -0.05) is 49.4 Å². The lowest BCUT2D eigenvalue weighted by Crippen LogP contribution is -2.56. The van der Waals surface area contributed by atoms with Crippen LogP contribution in [-0.2, 0) is 19.8 Å². The Labute approximate surface area is 221 Å². The zero-order valence-electron chi connectivity index (χ0n) is 20.5. The molecule has 0 bridgehead atoms. The molecule has 3 N–H and O–H groups in total. The summed E-state index contributed by atoms with van der Waals surface area (Å²) in [5.74, 6) is -4.70. The molecule has 2 heterocycles. The normalized spacial score (nSPS) is 23.6. The summed E-state index contributed by atoms with van der Waals surface area (Å²) < 4.78 is 67.6. The van der Waals surface area contributed by atoms with E-state index in [-0.39, 0.29) is 19.0 Å². The number of carbonyl (C=O) groups is 2. The van der Waals surface area contributed by atoms with Crippen molar-refractivity contribution in [2.24, 2.45) is 5.92 Å². The van der Waals surface area contributed by atoms with Gasteiger partial charge in [0.15, 0.2) is 5.58 Å². The number of para-hydroxylation sites is 2. The first-order valence-corrected chi connectivity index (χ1v) is 13.2. The van der Waals surface area contributed by atoms with Gasteiger partial charge in [-0.25, -0.2) is 4.79 Å². The van der Waals surface area contributed by atoms with Crippen LogP contribution < -0.4 is 9.62 Å². The molecule has 1 aromatic heterocycles. The number of halogens is 3. The minimum absolute atomic E-state index is 0.203. The number of piperazine rings is 1. The Kier molecular flexibility index (Phi) is 7.60. The van der Waals surface area contributed by atoms with Gasteiger partial charge in [0.1, 0.15) is 11.1 Å². The molecule has 1 aliphatic carbocycles. The van der Waals surface area contributed by atoms with E-state index in [0.717, 1.165) is 11.1 Å². The Hall–Kier alpha value is -3.69. The van der Waals surface area contributed by atoms with Gasteiger partial charge in [0, 0.05) is 32.1 Å². The Morgan fingerprint density at radius 3 is 2.13 bits per heavy atom. The first-order valence-electron chi connectivity index (χ1n) is 11.8. The van der Waals surface area contributed by atoms with Crippen molar-refractivity contribution in [3.05, 3.63) is 60.2 Å². The lowest BCUT2D eigenvalue weighted by molar-refractivity contribution is -0.192. The number of carboxylic acids is 2. The highest BCUT2D eigenvalue weighted by Crippen LogP contribution is 2.57. The van der Waals surface area contributed by atoms with Crippen molar-refractivity contribution in [2.75, 3.05) is 31.1 Å². The number of hydrogen-bond donors (Lipinski definition) is 3. The average Bonchev–Trinajstić information content (AvgIpc) is 3.25. The smallest absolute Gasteiger partial charge is 0.480 e. The van der Waals surface area contributed by atoms with Gasteiger partial charge in [-0.2, -0.15) is 35.6 Å². The molecule has 210 valence electrons. The van der Waals surface area contributed by atoms with Crippen molar-refractivity contribution >= 4 is 39.3 Å². The molecule has 3 atom stereocenters. The summed E-state index contributed by atoms with van der Waals surface area (Å²) in [6, 6.07) is 17.1. The standard InChI is InChI=1S/C22H24N4O5S.C2HF3O2/c1-15-19(16-7-3-2-4-8-16)22(15,20(27)28)24-32(29,30)26-13-11-25(12-14-26)21-23-17-9-5-6-10-18(17)31-21;3-2(4,5)1(6)7/h2-10,15,19,24H,11-14H2,1H3,(H,27,28);(H,6,7)/t15?,19-,22+;/m1./s1. The van der Waals surface area contributed by atoms with Crippen LogP contribution >= 0.6 is 0 Å². The quantitative estimate of drug-likeness (QED) is 0.406. The molecule has 2 fully saturated rings. The van der Waals surface area contributed by atoms with Gasteiger partial charge >= 0.3 is 18.1 Å². The minimum Gasteiger partial charge on any atom is -0.480 e. The lowest BCUT2D eigenvalue weighted by atomic mass is 10.1. The van der Waals surface area contributed by atoms with Crippen molar-refractivity contribution in [3.8, 4) is 0 Å². The van der Waals surface area contributed by atoms with Crippen LogP contribution in [0.2, 0.25) is 0 Å². The second kappa shape index (κ2) is 10.5. The van der Waals surface area contributed by atoms with E-state index < -0.39 is 39.8 Å². The highest BCUT2D eigenvalue weighted by Gasteiger charge is 2.70. The molecular formula is C24H25F3N4O7S. The number of carboxylic acid groups (broad SMARTS) is 2. The maximum atomic E-state index is 13.1. The fraction of sp³-hybridized carbons (Fsp3) is 0.375. The maximum Gasteiger partial charge on any atom is 0.490 e. The van der Waals surface area contributed by atoms with Crippen molar-refractivity contribution in [2.45, 2.75) is 24.6 Å². The van der Waals surface area contributed by atoms with E-state index in [1.165, 1.54) is 4.31 Å². The number of anilines is 1. The average molecular weight is 571 g/mol. The van der Waals surface area contributed by atoms with E-state index in [1.807, 2.05) is 59.5 Å². The van der Waals surface area contributed by atoms with Crippen molar-refractivity contribution < 1.29 is 45.8 Å². The highest BCUT2D eigenvalue weighted by atomic mass is 32.2. The molecule has 3 aromatic rings. The monoisotopic (exact) mass is 570 g/mol. The molecule has 11 nitrogen and oxygen atoms in total. The van der Waals surface area contributed by atoms with Crippen LogP contribution in [0, 0.1) is 5.92 Å². The van der Waals surface area contributed by atoms with E-state index in [2.05, 4.69) is 9.71 Å². The van der Waals surface area contributed by atoms with Crippen LogP contribution in [-0.4, -0.2) is 77.8 Å². The number of aromatic nitrogens is 1. The van der Waals surface area contributed by atoms with Crippen LogP contribution in [0.15, 0.2) is 59.0 Å². The summed E-state index contributed by atoms with van der Waals surface area (Å²) in [5, 5.41) is 17.1. The highest BCUT2D eigenvalue weighted by molar-refractivity contribution is 7.87. The molecule has 1 aliphatic heterocycles. The van der Waals surface area contributed by atoms with Crippen molar-refractivity contribution in [1.29, 1.82) is 0 Å². The number of rotatable bonds is 6.